The number of nitrogens with two attached hydrogens (primary N) is 1. The van der Waals surface area contributed by atoms with E-state index in [1.54, 1.807) is 4.90 Å². The summed E-state index contributed by atoms with van der Waals surface area (Å²) in [6.07, 6.45) is 1.49. The number of carboxylic acid groups (broad SMARTS) is 1. The minimum atomic E-state index is -0.765. The Balaban J connectivity index is 1.93. The van der Waals surface area contributed by atoms with Gasteiger partial charge in [0.05, 0.1) is 0 Å². The van der Waals surface area contributed by atoms with E-state index in [0.29, 0.717) is 17.8 Å². The summed E-state index contributed by atoms with van der Waals surface area (Å²) in [5.41, 5.74) is 5.60. The maximum atomic E-state index is 10.7. The van der Waals surface area contributed by atoms with Crippen LogP contribution in [0.15, 0.2) is 0 Å². The maximum Gasteiger partial charge on any atom is 0.407 e. The van der Waals surface area contributed by atoms with Crippen LogP contribution < -0.4 is 5.73 Å². The van der Waals surface area contributed by atoms with E-state index in [2.05, 4.69) is 0 Å². The van der Waals surface area contributed by atoms with E-state index in [1.807, 2.05) is 0 Å². The van der Waals surface area contributed by atoms with Crippen LogP contribution in [0, 0.1) is 17.8 Å². The quantitative estimate of drug-likeness (QED) is 0.626. The van der Waals surface area contributed by atoms with Crippen molar-refractivity contribution in [1.29, 1.82) is 0 Å². The first-order valence-electron chi connectivity index (χ1n) is 4.88. The largest absolute Gasteiger partial charge is 0.465 e. The second-order valence-electron chi connectivity index (χ2n) is 4.28. The van der Waals surface area contributed by atoms with Crippen molar-refractivity contribution in [3.8, 4) is 0 Å². The Morgan fingerprint density at radius 3 is 2.31 bits per heavy atom. The van der Waals surface area contributed by atoms with Gasteiger partial charge in [-0.05, 0) is 37.1 Å². The lowest BCUT2D eigenvalue weighted by atomic mass is 10.0. The third kappa shape index (κ3) is 1.50. The molecule has 2 fully saturated rings. The normalized spacial score (nSPS) is 37.9. The third-order valence-electron chi connectivity index (χ3n) is 3.45. The van der Waals surface area contributed by atoms with Crippen LogP contribution in [0.25, 0.3) is 0 Å². The fourth-order valence-electron chi connectivity index (χ4n) is 2.77. The highest BCUT2D eigenvalue weighted by atomic mass is 16.4. The lowest BCUT2D eigenvalue weighted by Crippen LogP contribution is -2.28. The molecule has 13 heavy (non-hydrogen) atoms. The van der Waals surface area contributed by atoms with Crippen molar-refractivity contribution in [3.63, 3.8) is 0 Å². The smallest absolute Gasteiger partial charge is 0.407 e. The molecule has 0 radical (unpaired) electrons. The zero-order chi connectivity index (χ0) is 9.42. The molecule has 2 rings (SSSR count). The Morgan fingerprint density at radius 2 is 1.92 bits per heavy atom. The van der Waals surface area contributed by atoms with Gasteiger partial charge in [-0.25, -0.2) is 4.79 Å². The van der Waals surface area contributed by atoms with Crippen molar-refractivity contribution < 1.29 is 9.90 Å². The number of hydrogen-bond acceptors (Lipinski definition) is 2. The number of amides is 1. The van der Waals surface area contributed by atoms with Crippen LogP contribution in [0.1, 0.15) is 12.8 Å². The molecule has 1 aliphatic carbocycles. The van der Waals surface area contributed by atoms with Crippen LogP contribution in [-0.4, -0.2) is 35.7 Å². The van der Waals surface area contributed by atoms with E-state index in [9.17, 15) is 4.79 Å². The Morgan fingerprint density at radius 1 is 1.38 bits per heavy atom. The topological polar surface area (TPSA) is 66.6 Å². The Hall–Kier alpha value is -0.770. The molecule has 2 aliphatic rings. The Labute approximate surface area is 77.7 Å². The van der Waals surface area contributed by atoms with Crippen molar-refractivity contribution in [1.82, 2.24) is 4.90 Å². The van der Waals surface area contributed by atoms with Crippen LogP contribution in [0.3, 0.4) is 0 Å². The highest BCUT2D eigenvalue weighted by Gasteiger charge is 2.41. The molecular weight excluding hydrogens is 168 g/mol. The number of fused-ring (bicyclic) bond motifs is 1. The highest BCUT2D eigenvalue weighted by Crippen LogP contribution is 2.40. The van der Waals surface area contributed by atoms with Crippen LogP contribution in [0.5, 0.6) is 0 Å². The first-order valence-corrected chi connectivity index (χ1v) is 4.88. The van der Waals surface area contributed by atoms with Crippen molar-refractivity contribution in [3.05, 3.63) is 0 Å². The molecule has 3 N–H and O–H groups in total. The Bertz CT molecular complexity index is 206. The monoisotopic (exact) mass is 184 g/mol. The van der Waals surface area contributed by atoms with Gasteiger partial charge in [0, 0.05) is 13.1 Å². The lowest BCUT2D eigenvalue weighted by Gasteiger charge is -2.14. The molecule has 0 unspecified atom stereocenters. The van der Waals surface area contributed by atoms with Gasteiger partial charge >= 0.3 is 6.09 Å². The average Bonchev–Trinajstić information content (AvgIpc) is 2.58. The summed E-state index contributed by atoms with van der Waals surface area (Å²) >= 11 is 0. The van der Waals surface area contributed by atoms with Gasteiger partial charge < -0.3 is 15.7 Å². The molecule has 0 aromatic carbocycles. The van der Waals surface area contributed by atoms with E-state index in [0.717, 1.165) is 32.5 Å². The average molecular weight is 184 g/mol. The molecule has 4 nitrogen and oxygen atoms in total. The van der Waals surface area contributed by atoms with Gasteiger partial charge in [-0.3, -0.25) is 0 Å². The molecule has 0 bridgehead atoms. The van der Waals surface area contributed by atoms with Crippen LogP contribution in [0.4, 0.5) is 4.79 Å². The SMILES string of the molecule is NC[C@H]1C[C@@H]2CN(C(=O)O)C[C@@H]2C1. The summed E-state index contributed by atoms with van der Waals surface area (Å²) < 4.78 is 0. The van der Waals surface area contributed by atoms with Crippen LogP contribution in [0.2, 0.25) is 0 Å². The molecule has 0 aromatic heterocycles. The van der Waals surface area contributed by atoms with E-state index < -0.39 is 6.09 Å². The predicted octanol–water partition coefficient (Wildman–Crippen LogP) is 0.581. The summed E-state index contributed by atoms with van der Waals surface area (Å²) in [6.45, 7) is 2.23. The second-order valence-corrected chi connectivity index (χ2v) is 4.28. The van der Waals surface area contributed by atoms with E-state index >= 15 is 0 Å². The minimum absolute atomic E-state index is 0.588. The fraction of sp³-hybridized carbons (Fsp3) is 0.889. The summed E-state index contributed by atoms with van der Waals surface area (Å²) in [6, 6.07) is 0. The third-order valence-corrected chi connectivity index (χ3v) is 3.45. The van der Waals surface area contributed by atoms with Crippen molar-refractivity contribution >= 4 is 6.09 Å². The zero-order valence-corrected chi connectivity index (χ0v) is 7.65. The highest BCUT2D eigenvalue weighted by molar-refractivity contribution is 5.65. The first-order chi connectivity index (χ1) is 6.20. The number of hydrogen-bond donors (Lipinski definition) is 2. The molecule has 3 atom stereocenters. The van der Waals surface area contributed by atoms with E-state index in [-0.39, 0.29) is 0 Å². The molecule has 0 spiro atoms. The number of nitrogens with zero attached hydrogens (tertiary/aromatic N) is 1. The van der Waals surface area contributed by atoms with Gasteiger partial charge in [0.25, 0.3) is 0 Å². The molecule has 1 heterocycles. The first kappa shape index (κ1) is 8.81. The number of likely N-dealkylation sites (tertiary alicyclic amines) is 1. The second kappa shape index (κ2) is 3.18. The zero-order valence-electron chi connectivity index (χ0n) is 7.65. The molecule has 0 aromatic rings. The minimum Gasteiger partial charge on any atom is -0.465 e. The van der Waals surface area contributed by atoms with Crippen LogP contribution in [-0.2, 0) is 0 Å². The summed E-state index contributed by atoms with van der Waals surface area (Å²) in [4.78, 5) is 12.2. The molecule has 4 heteroatoms. The number of carbonyl (C=O) groups is 1. The standard InChI is InChI=1S/C9H16N2O2/c10-3-6-1-7-4-11(9(12)13)5-8(7)2-6/h6-8H,1-5,10H2,(H,12,13)/t6-,7+,8-. The number of rotatable bonds is 1. The summed E-state index contributed by atoms with van der Waals surface area (Å²) in [5, 5.41) is 8.79. The van der Waals surface area contributed by atoms with Gasteiger partial charge in [0.1, 0.15) is 0 Å². The van der Waals surface area contributed by atoms with Crippen LogP contribution >= 0.6 is 0 Å². The van der Waals surface area contributed by atoms with Gasteiger partial charge in [0.2, 0.25) is 0 Å². The molecule has 74 valence electrons. The Kier molecular flexibility index (Phi) is 2.15. The fourth-order valence-corrected chi connectivity index (χ4v) is 2.77. The molecule has 1 saturated carbocycles. The summed E-state index contributed by atoms with van der Waals surface area (Å²) in [5.74, 6) is 1.82. The van der Waals surface area contributed by atoms with E-state index in [4.69, 9.17) is 10.8 Å². The molecular formula is C9H16N2O2. The molecule has 1 amide bonds. The van der Waals surface area contributed by atoms with Gasteiger partial charge in [-0.15, -0.1) is 0 Å². The predicted molar refractivity (Wildman–Crippen MR) is 48.4 cm³/mol. The molecule has 1 aliphatic heterocycles. The van der Waals surface area contributed by atoms with Crippen molar-refractivity contribution in [2.45, 2.75) is 12.8 Å². The van der Waals surface area contributed by atoms with Crippen molar-refractivity contribution in [2.75, 3.05) is 19.6 Å². The molecule has 1 saturated heterocycles. The van der Waals surface area contributed by atoms with Gasteiger partial charge in [-0.1, -0.05) is 0 Å². The van der Waals surface area contributed by atoms with E-state index in [1.165, 1.54) is 0 Å². The summed E-state index contributed by atoms with van der Waals surface area (Å²) in [7, 11) is 0. The van der Waals surface area contributed by atoms with Gasteiger partial charge in [0.15, 0.2) is 0 Å². The van der Waals surface area contributed by atoms with Gasteiger partial charge in [-0.2, -0.15) is 0 Å². The van der Waals surface area contributed by atoms with Crippen molar-refractivity contribution in [2.24, 2.45) is 23.5 Å². The lowest BCUT2D eigenvalue weighted by molar-refractivity contribution is 0.151. The maximum absolute atomic E-state index is 10.7.